The molecular weight excluding hydrogens is 267 g/mol. The largest absolute Gasteiger partial charge is 0.393 e. The number of aromatic nitrogens is 1. The maximum Gasteiger partial charge on any atom is 0.126 e. The molecule has 1 saturated heterocycles. The molecule has 3 nitrogen and oxygen atoms in total. The van der Waals surface area contributed by atoms with Crippen molar-refractivity contribution < 1.29 is 9.50 Å². The summed E-state index contributed by atoms with van der Waals surface area (Å²) < 4.78 is 13.7. The highest BCUT2D eigenvalue weighted by atomic mass is 19.1. The Bertz CT molecular complexity index is 636. The summed E-state index contributed by atoms with van der Waals surface area (Å²) in [6.45, 7) is 3.43. The predicted octanol–water partition coefficient (Wildman–Crippen LogP) is 3.16. The van der Waals surface area contributed by atoms with E-state index in [0.29, 0.717) is 5.56 Å². The van der Waals surface area contributed by atoms with Crippen molar-refractivity contribution in [2.75, 3.05) is 18.0 Å². The molecule has 0 bridgehead atoms. The first kappa shape index (κ1) is 14.0. The van der Waals surface area contributed by atoms with E-state index in [9.17, 15) is 9.50 Å². The minimum atomic E-state index is -0.208. The second-order valence-electron chi connectivity index (χ2n) is 5.58. The molecule has 21 heavy (non-hydrogen) atoms. The molecule has 110 valence electrons. The van der Waals surface area contributed by atoms with Crippen LogP contribution in [0.4, 0.5) is 10.1 Å². The Morgan fingerprint density at radius 3 is 2.67 bits per heavy atom. The maximum absolute atomic E-state index is 13.7. The SMILES string of the molecule is Cc1ccc(-c2cc(N3CCC(O)CC3)ccn2)cc1F. The van der Waals surface area contributed by atoms with E-state index in [1.54, 1.807) is 19.2 Å². The molecule has 4 heteroatoms. The minimum absolute atomic E-state index is 0.186. The van der Waals surface area contributed by atoms with Crippen molar-refractivity contribution in [1.29, 1.82) is 0 Å². The lowest BCUT2D eigenvalue weighted by atomic mass is 10.1. The Morgan fingerprint density at radius 2 is 1.95 bits per heavy atom. The van der Waals surface area contributed by atoms with Gasteiger partial charge in [0.15, 0.2) is 0 Å². The molecule has 2 heterocycles. The van der Waals surface area contributed by atoms with E-state index < -0.39 is 0 Å². The number of anilines is 1. The fourth-order valence-corrected chi connectivity index (χ4v) is 2.65. The number of aryl methyl sites for hydroxylation is 1. The first-order chi connectivity index (χ1) is 10.1. The third kappa shape index (κ3) is 3.05. The highest BCUT2D eigenvalue weighted by Gasteiger charge is 2.17. The molecule has 2 aromatic rings. The maximum atomic E-state index is 13.7. The van der Waals surface area contributed by atoms with Gasteiger partial charge in [0.2, 0.25) is 0 Å². The van der Waals surface area contributed by atoms with Crippen molar-refractivity contribution >= 4 is 5.69 Å². The third-order valence-corrected chi connectivity index (χ3v) is 4.04. The number of pyridine rings is 1. The van der Waals surface area contributed by atoms with E-state index in [2.05, 4.69) is 9.88 Å². The molecule has 1 fully saturated rings. The summed E-state index contributed by atoms with van der Waals surface area (Å²) in [4.78, 5) is 6.59. The van der Waals surface area contributed by atoms with Crippen molar-refractivity contribution in [1.82, 2.24) is 4.98 Å². The number of rotatable bonds is 2. The molecule has 0 amide bonds. The summed E-state index contributed by atoms with van der Waals surface area (Å²) in [5, 5.41) is 9.58. The van der Waals surface area contributed by atoms with Gasteiger partial charge in [-0.3, -0.25) is 4.98 Å². The van der Waals surface area contributed by atoms with Crippen molar-refractivity contribution in [3.8, 4) is 11.3 Å². The van der Waals surface area contributed by atoms with Crippen LogP contribution in [0.25, 0.3) is 11.3 Å². The summed E-state index contributed by atoms with van der Waals surface area (Å²) in [5.74, 6) is -0.208. The van der Waals surface area contributed by atoms with E-state index in [4.69, 9.17) is 0 Å². The van der Waals surface area contributed by atoms with Gasteiger partial charge in [0.25, 0.3) is 0 Å². The minimum Gasteiger partial charge on any atom is -0.393 e. The number of aliphatic hydroxyl groups excluding tert-OH is 1. The van der Waals surface area contributed by atoms with Gasteiger partial charge < -0.3 is 10.0 Å². The zero-order valence-electron chi connectivity index (χ0n) is 12.1. The van der Waals surface area contributed by atoms with Gasteiger partial charge in [0.1, 0.15) is 5.82 Å². The monoisotopic (exact) mass is 286 g/mol. The van der Waals surface area contributed by atoms with Gasteiger partial charge in [-0.15, -0.1) is 0 Å². The van der Waals surface area contributed by atoms with Gasteiger partial charge in [0, 0.05) is 30.5 Å². The number of aliphatic hydroxyl groups is 1. The number of benzene rings is 1. The van der Waals surface area contributed by atoms with E-state index in [1.165, 1.54) is 6.07 Å². The first-order valence-corrected chi connectivity index (χ1v) is 7.29. The lowest BCUT2D eigenvalue weighted by Crippen LogP contribution is -2.35. The van der Waals surface area contributed by atoms with Crippen LogP contribution in [0.1, 0.15) is 18.4 Å². The summed E-state index contributed by atoms with van der Waals surface area (Å²) >= 11 is 0. The Hall–Kier alpha value is -1.94. The molecule has 0 saturated carbocycles. The molecule has 0 unspecified atom stereocenters. The van der Waals surface area contributed by atoms with Crippen LogP contribution in [-0.2, 0) is 0 Å². The highest BCUT2D eigenvalue weighted by molar-refractivity contribution is 5.65. The molecule has 0 radical (unpaired) electrons. The van der Waals surface area contributed by atoms with Gasteiger partial charge in [-0.25, -0.2) is 4.39 Å². The summed E-state index contributed by atoms with van der Waals surface area (Å²) in [5.41, 5.74) is 3.28. The van der Waals surface area contributed by atoms with Gasteiger partial charge in [-0.05, 0) is 43.5 Å². The molecule has 0 spiro atoms. The molecule has 0 atom stereocenters. The quantitative estimate of drug-likeness (QED) is 0.921. The predicted molar refractivity (Wildman–Crippen MR) is 81.8 cm³/mol. The van der Waals surface area contributed by atoms with Crippen LogP contribution in [-0.4, -0.2) is 29.3 Å². The second kappa shape index (κ2) is 5.82. The van der Waals surface area contributed by atoms with Crippen LogP contribution in [0.5, 0.6) is 0 Å². The highest BCUT2D eigenvalue weighted by Crippen LogP contribution is 2.26. The molecule has 0 aliphatic carbocycles. The second-order valence-corrected chi connectivity index (χ2v) is 5.58. The Morgan fingerprint density at radius 1 is 1.19 bits per heavy atom. The van der Waals surface area contributed by atoms with Gasteiger partial charge in [-0.1, -0.05) is 12.1 Å². The van der Waals surface area contributed by atoms with Crippen molar-refractivity contribution in [2.45, 2.75) is 25.9 Å². The fraction of sp³-hybridized carbons (Fsp3) is 0.353. The van der Waals surface area contributed by atoms with Crippen LogP contribution < -0.4 is 4.90 Å². The summed E-state index contributed by atoms with van der Waals surface area (Å²) in [7, 11) is 0. The Labute approximate surface area is 124 Å². The molecule has 3 rings (SSSR count). The van der Waals surface area contributed by atoms with E-state index in [1.807, 2.05) is 18.2 Å². The Kier molecular flexibility index (Phi) is 3.88. The van der Waals surface area contributed by atoms with Crippen LogP contribution in [0.2, 0.25) is 0 Å². The molecular formula is C17H19FN2O. The lowest BCUT2D eigenvalue weighted by molar-refractivity contribution is 0.145. The zero-order chi connectivity index (χ0) is 14.8. The van der Waals surface area contributed by atoms with E-state index in [-0.39, 0.29) is 11.9 Å². The smallest absolute Gasteiger partial charge is 0.126 e. The standard InChI is InChI=1S/C17H19FN2O/c1-12-2-3-13(10-16(12)18)17-11-14(4-7-19-17)20-8-5-15(21)6-9-20/h2-4,7,10-11,15,21H,5-6,8-9H2,1H3. The summed E-state index contributed by atoms with van der Waals surface area (Å²) in [6.07, 6.45) is 3.15. The number of piperidine rings is 1. The average Bonchev–Trinajstić information content (AvgIpc) is 2.51. The van der Waals surface area contributed by atoms with Gasteiger partial charge in [-0.2, -0.15) is 0 Å². The number of hydrogen-bond donors (Lipinski definition) is 1. The van der Waals surface area contributed by atoms with Crippen LogP contribution in [0.3, 0.4) is 0 Å². The van der Waals surface area contributed by atoms with Crippen molar-refractivity contribution in [3.05, 3.63) is 47.9 Å². The van der Waals surface area contributed by atoms with Crippen LogP contribution >= 0.6 is 0 Å². The number of nitrogens with zero attached hydrogens (tertiary/aromatic N) is 2. The molecule has 1 aromatic carbocycles. The number of halogens is 1. The van der Waals surface area contributed by atoms with Crippen molar-refractivity contribution in [3.63, 3.8) is 0 Å². The average molecular weight is 286 g/mol. The Balaban J connectivity index is 1.87. The van der Waals surface area contributed by atoms with Crippen LogP contribution in [0.15, 0.2) is 36.5 Å². The molecule has 1 aromatic heterocycles. The van der Waals surface area contributed by atoms with E-state index >= 15 is 0 Å². The topological polar surface area (TPSA) is 36.4 Å². The van der Waals surface area contributed by atoms with Gasteiger partial charge in [0.05, 0.1) is 11.8 Å². The molecule has 1 N–H and O–H groups in total. The number of hydrogen-bond acceptors (Lipinski definition) is 3. The molecule has 1 aliphatic rings. The summed E-state index contributed by atoms with van der Waals surface area (Å²) in [6, 6.07) is 9.15. The normalized spacial score (nSPS) is 16.2. The van der Waals surface area contributed by atoms with Crippen molar-refractivity contribution in [2.24, 2.45) is 0 Å². The fourth-order valence-electron chi connectivity index (χ4n) is 2.65. The zero-order valence-corrected chi connectivity index (χ0v) is 12.1. The van der Waals surface area contributed by atoms with Crippen LogP contribution in [0, 0.1) is 12.7 Å². The lowest BCUT2D eigenvalue weighted by Gasteiger charge is -2.31. The van der Waals surface area contributed by atoms with E-state index in [0.717, 1.165) is 42.9 Å². The van der Waals surface area contributed by atoms with Gasteiger partial charge >= 0.3 is 0 Å². The third-order valence-electron chi connectivity index (χ3n) is 4.04. The molecule has 1 aliphatic heterocycles. The first-order valence-electron chi connectivity index (χ1n) is 7.29.